The first-order valence-corrected chi connectivity index (χ1v) is 12.6. The number of aryl methyl sites for hydroxylation is 1. The summed E-state index contributed by atoms with van der Waals surface area (Å²) in [7, 11) is 0. The summed E-state index contributed by atoms with van der Waals surface area (Å²) < 4.78 is 27.7. The number of hydrogen-bond acceptors (Lipinski definition) is 4. The Bertz CT molecular complexity index is 1490. The van der Waals surface area contributed by atoms with Gasteiger partial charge in [-0.3, -0.25) is 9.59 Å². The molecule has 4 aromatic rings. The van der Waals surface area contributed by atoms with E-state index in [1.165, 1.54) is 11.6 Å². The molecule has 198 valence electrons. The molecule has 0 aliphatic carbocycles. The zero-order valence-corrected chi connectivity index (χ0v) is 21.5. The van der Waals surface area contributed by atoms with Crippen molar-refractivity contribution in [2.45, 2.75) is 38.5 Å². The van der Waals surface area contributed by atoms with Gasteiger partial charge in [-0.15, -0.1) is 0 Å². The molecular formula is C29H28ClF2N3O3. The van der Waals surface area contributed by atoms with Gasteiger partial charge in [0.05, 0.1) is 12.1 Å². The summed E-state index contributed by atoms with van der Waals surface area (Å²) in [6.07, 6.45) is -0.244. The third kappa shape index (κ3) is 7.04. The third-order valence-electron chi connectivity index (χ3n) is 6.28. The van der Waals surface area contributed by atoms with Crippen molar-refractivity contribution in [3.05, 3.63) is 116 Å². The van der Waals surface area contributed by atoms with Crippen LogP contribution in [0.3, 0.4) is 0 Å². The number of carbonyl (C=O) groups excluding carboxylic acids is 1. The summed E-state index contributed by atoms with van der Waals surface area (Å²) in [4.78, 5) is 28.6. The van der Waals surface area contributed by atoms with Crippen molar-refractivity contribution < 1.29 is 18.7 Å². The molecular weight excluding hydrogens is 512 g/mol. The Labute approximate surface area is 223 Å². The van der Waals surface area contributed by atoms with E-state index in [2.05, 4.69) is 28.6 Å². The van der Waals surface area contributed by atoms with Crippen LogP contribution in [0.1, 0.15) is 34.1 Å². The standard InChI is InChI=1S/C29H28ClF2N3O3/c1-2-17-4-3-5-18(8-17)15-33-16-28(37)25(11-19-9-21(31)13-22(32)10-19)35-29(38)26-14-27(36)23-12-20(30)6-7-24(23)34-26/h3-10,12-14,25,28,33,37H,2,11,15-16H2,1H3,(H,34,36)(H,35,38). The minimum absolute atomic E-state index is 0.0169. The Kier molecular flexibility index (Phi) is 8.89. The molecule has 0 saturated heterocycles. The molecule has 4 N–H and O–H groups in total. The van der Waals surface area contributed by atoms with Crippen molar-refractivity contribution in [2.75, 3.05) is 6.54 Å². The quantitative estimate of drug-likeness (QED) is 0.238. The first-order chi connectivity index (χ1) is 18.2. The van der Waals surface area contributed by atoms with Crippen molar-refractivity contribution in [1.82, 2.24) is 15.6 Å². The number of hydrogen-bond donors (Lipinski definition) is 4. The Morgan fingerprint density at radius 2 is 1.74 bits per heavy atom. The fourth-order valence-corrected chi connectivity index (χ4v) is 4.49. The van der Waals surface area contributed by atoms with Crippen molar-refractivity contribution >= 4 is 28.4 Å². The molecule has 6 nitrogen and oxygen atoms in total. The summed E-state index contributed by atoms with van der Waals surface area (Å²) in [5.74, 6) is -2.16. The highest BCUT2D eigenvalue weighted by atomic mass is 35.5. The molecule has 1 amide bonds. The van der Waals surface area contributed by atoms with Gasteiger partial charge in [-0.2, -0.15) is 0 Å². The zero-order chi connectivity index (χ0) is 27.2. The van der Waals surface area contributed by atoms with Crippen molar-refractivity contribution in [1.29, 1.82) is 0 Å². The van der Waals surface area contributed by atoms with Crippen LogP contribution in [0.25, 0.3) is 10.9 Å². The summed E-state index contributed by atoms with van der Waals surface area (Å²) in [6, 6.07) is 16.0. The van der Waals surface area contributed by atoms with Crippen LogP contribution in [0.2, 0.25) is 5.02 Å². The van der Waals surface area contributed by atoms with Crippen molar-refractivity contribution in [2.24, 2.45) is 0 Å². The number of rotatable bonds is 10. The first-order valence-electron chi connectivity index (χ1n) is 12.3. The predicted molar refractivity (Wildman–Crippen MR) is 144 cm³/mol. The lowest BCUT2D eigenvalue weighted by Gasteiger charge is -2.25. The SMILES string of the molecule is CCc1cccc(CNCC(O)C(Cc2cc(F)cc(F)c2)NC(=O)c2cc(=O)c3cc(Cl)ccc3[nH]2)c1. The van der Waals surface area contributed by atoms with E-state index < -0.39 is 35.1 Å². The second kappa shape index (κ2) is 12.3. The average molecular weight is 540 g/mol. The monoisotopic (exact) mass is 539 g/mol. The smallest absolute Gasteiger partial charge is 0.268 e. The van der Waals surface area contributed by atoms with E-state index in [0.29, 0.717) is 22.5 Å². The van der Waals surface area contributed by atoms with Gasteiger partial charge in [0, 0.05) is 41.1 Å². The number of aliphatic hydroxyl groups excluding tert-OH is 1. The number of aromatic nitrogens is 1. The summed E-state index contributed by atoms with van der Waals surface area (Å²) in [5, 5.41) is 17.6. The summed E-state index contributed by atoms with van der Waals surface area (Å²) in [5.41, 5.74) is 2.51. The van der Waals surface area contributed by atoms with E-state index in [4.69, 9.17) is 11.6 Å². The van der Waals surface area contributed by atoms with Crippen LogP contribution in [0.5, 0.6) is 0 Å². The van der Waals surface area contributed by atoms with E-state index in [-0.39, 0.29) is 24.2 Å². The minimum atomic E-state index is -1.11. The molecule has 0 spiro atoms. The molecule has 9 heteroatoms. The Hall–Kier alpha value is -3.59. The number of H-pyrrole nitrogens is 1. The van der Waals surface area contributed by atoms with Gasteiger partial charge in [-0.25, -0.2) is 8.78 Å². The van der Waals surface area contributed by atoms with Crippen LogP contribution in [0.4, 0.5) is 8.78 Å². The molecule has 0 aliphatic rings. The highest BCUT2D eigenvalue weighted by molar-refractivity contribution is 6.31. The number of aliphatic hydroxyl groups is 1. The molecule has 2 atom stereocenters. The molecule has 0 bridgehead atoms. The van der Waals surface area contributed by atoms with Gasteiger partial charge in [0.15, 0.2) is 5.43 Å². The number of fused-ring (bicyclic) bond motifs is 1. The lowest BCUT2D eigenvalue weighted by Crippen LogP contribution is -2.49. The highest BCUT2D eigenvalue weighted by Crippen LogP contribution is 2.16. The number of nitrogens with one attached hydrogen (secondary N) is 3. The molecule has 1 heterocycles. The fraction of sp³-hybridized carbons (Fsp3) is 0.241. The normalized spacial score (nSPS) is 12.9. The highest BCUT2D eigenvalue weighted by Gasteiger charge is 2.24. The molecule has 0 saturated carbocycles. The number of halogens is 3. The lowest BCUT2D eigenvalue weighted by molar-refractivity contribution is 0.0825. The van der Waals surface area contributed by atoms with Gasteiger partial charge in [-0.1, -0.05) is 42.8 Å². The van der Waals surface area contributed by atoms with Gasteiger partial charge >= 0.3 is 0 Å². The van der Waals surface area contributed by atoms with E-state index >= 15 is 0 Å². The van der Waals surface area contributed by atoms with Crippen LogP contribution >= 0.6 is 11.6 Å². The number of aromatic amines is 1. The second-order valence-corrected chi connectivity index (χ2v) is 9.61. The van der Waals surface area contributed by atoms with Gasteiger partial charge < -0.3 is 20.7 Å². The van der Waals surface area contributed by atoms with Crippen LogP contribution in [-0.4, -0.2) is 34.7 Å². The van der Waals surface area contributed by atoms with Crippen LogP contribution < -0.4 is 16.1 Å². The Morgan fingerprint density at radius 1 is 1.00 bits per heavy atom. The molecule has 0 radical (unpaired) electrons. The van der Waals surface area contributed by atoms with E-state index in [0.717, 1.165) is 36.2 Å². The topological polar surface area (TPSA) is 94.2 Å². The van der Waals surface area contributed by atoms with Gasteiger partial charge in [0.1, 0.15) is 17.3 Å². The van der Waals surface area contributed by atoms with Crippen molar-refractivity contribution in [3.8, 4) is 0 Å². The molecule has 38 heavy (non-hydrogen) atoms. The third-order valence-corrected chi connectivity index (χ3v) is 6.51. The van der Waals surface area contributed by atoms with Gasteiger partial charge in [-0.05, 0) is 59.9 Å². The fourth-order valence-electron chi connectivity index (χ4n) is 4.32. The molecule has 2 unspecified atom stereocenters. The van der Waals surface area contributed by atoms with E-state index in [1.54, 1.807) is 12.1 Å². The average Bonchev–Trinajstić information content (AvgIpc) is 2.88. The number of carbonyl (C=O) groups is 1. The van der Waals surface area contributed by atoms with Crippen LogP contribution in [0, 0.1) is 11.6 Å². The molecule has 0 aliphatic heterocycles. The predicted octanol–water partition coefficient (Wildman–Crippen LogP) is 4.51. The number of pyridine rings is 1. The summed E-state index contributed by atoms with van der Waals surface area (Å²) >= 11 is 5.97. The maximum atomic E-state index is 13.8. The molecule has 0 fully saturated rings. The largest absolute Gasteiger partial charge is 0.390 e. The molecule has 3 aromatic carbocycles. The Balaban J connectivity index is 1.52. The molecule has 4 rings (SSSR count). The van der Waals surface area contributed by atoms with E-state index in [9.17, 15) is 23.5 Å². The van der Waals surface area contributed by atoms with E-state index in [1.807, 2.05) is 18.2 Å². The second-order valence-electron chi connectivity index (χ2n) is 9.17. The van der Waals surface area contributed by atoms with Crippen LogP contribution in [0.15, 0.2) is 71.5 Å². The first kappa shape index (κ1) is 27.4. The minimum Gasteiger partial charge on any atom is -0.390 e. The maximum absolute atomic E-state index is 13.8. The Morgan fingerprint density at radius 3 is 2.47 bits per heavy atom. The van der Waals surface area contributed by atoms with Crippen LogP contribution in [-0.2, 0) is 19.4 Å². The number of amides is 1. The zero-order valence-electron chi connectivity index (χ0n) is 20.7. The lowest BCUT2D eigenvalue weighted by atomic mass is 10.00. The maximum Gasteiger partial charge on any atom is 0.268 e. The van der Waals surface area contributed by atoms with Gasteiger partial charge in [0.2, 0.25) is 0 Å². The molecule has 1 aromatic heterocycles. The van der Waals surface area contributed by atoms with Crippen molar-refractivity contribution in [3.63, 3.8) is 0 Å². The number of benzene rings is 3. The summed E-state index contributed by atoms with van der Waals surface area (Å²) in [6.45, 7) is 2.66. The van der Waals surface area contributed by atoms with Gasteiger partial charge in [0.25, 0.3) is 5.91 Å².